The molecule has 7 unspecified atom stereocenters. The first kappa shape index (κ1) is 42.3. The highest BCUT2D eigenvalue weighted by Gasteiger charge is 2.35. The fourth-order valence-electron chi connectivity index (χ4n) is 7.75. The normalized spacial score (nSPS) is 17.7. The van der Waals surface area contributed by atoms with Crippen molar-refractivity contribution in [3.05, 3.63) is 125 Å². The van der Waals surface area contributed by atoms with Crippen LogP contribution < -0.4 is 9.47 Å². The quantitative estimate of drug-likeness (QED) is 0.0837. The fraction of sp³-hybridized carbons (Fsp3) is 0.458. The fourth-order valence-corrected chi connectivity index (χ4v) is 7.75. The number of rotatable bonds is 17. The lowest BCUT2D eigenvalue weighted by molar-refractivity contribution is -0.154. The Bertz CT molecular complexity index is 1840. The lowest BCUT2D eigenvalue weighted by atomic mass is 9.66. The molecule has 7 atom stereocenters. The lowest BCUT2D eigenvalue weighted by Gasteiger charge is -2.37. The molecule has 1 N–H and O–H groups in total. The van der Waals surface area contributed by atoms with Gasteiger partial charge in [-0.3, -0.25) is 4.79 Å². The molecule has 0 saturated carbocycles. The summed E-state index contributed by atoms with van der Waals surface area (Å²) < 4.78 is 29.3. The molecule has 1 fully saturated rings. The third kappa shape index (κ3) is 11.8. The van der Waals surface area contributed by atoms with Crippen LogP contribution in [-0.4, -0.2) is 42.5 Å². The molecule has 56 heavy (non-hydrogen) atoms. The van der Waals surface area contributed by atoms with Crippen molar-refractivity contribution in [3.63, 3.8) is 0 Å². The minimum atomic E-state index is -0.569. The van der Waals surface area contributed by atoms with Gasteiger partial charge in [-0.05, 0) is 142 Å². The Hall–Kier alpha value is -4.84. The van der Waals surface area contributed by atoms with E-state index in [0.29, 0.717) is 19.6 Å². The summed E-state index contributed by atoms with van der Waals surface area (Å²) in [4.78, 5) is 12.5. The molecule has 5 rings (SSSR count). The van der Waals surface area contributed by atoms with E-state index in [2.05, 4.69) is 56.3 Å². The van der Waals surface area contributed by atoms with Crippen molar-refractivity contribution in [1.82, 2.24) is 0 Å². The summed E-state index contributed by atoms with van der Waals surface area (Å²) in [6.45, 7) is 15.2. The summed E-state index contributed by atoms with van der Waals surface area (Å²) in [6, 6.07) is 35.0. The Kier molecular flexibility index (Phi) is 15.0. The molecule has 1 aliphatic heterocycles. The molecule has 8 nitrogen and oxygen atoms in total. The van der Waals surface area contributed by atoms with E-state index < -0.39 is 11.5 Å². The Morgan fingerprint density at radius 1 is 0.786 bits per heavy atom. The Morgan fingerprint density at radius 3 is 1.80 bits per heavy atom. The van der Waals surface area contributed by atoms with Crippen LogP contribution in [0.2, 0.25) is 0 Å². The van der Waals surface area contributed by atoms with E-state index in [0.717, 1.165) is 58.6 Å². The molecular weight excluding hydrogens is 703 g/mol. The summed E-state index contributed by atoms with van der Waals surface area (Å²) in [6.07, 6.45) is 2.98. The number of esters is 1. The number of nitriles is 1. The van der Waals surface area contributed by atoms with E-state index in [4.69, 9.17) is 23.7 Å². The summed E-state index contributed by atoms with van der Waals surface area (Å²) >= 11 is 0. The van der Waals surface area contributed by atoms with Crippen molar-refractivity contribution >= 4 is 5.97 Å². The average molecular weight is 762 g/mol. The van der Waals surface area contributed by atoms with Crippen LogP contribution in [0.1, 0.15) is 138 Å². The number of phenols is 1. The van der Waals surface area contributed by atoms with Gasteiger partial charge in [-0.1, -0.05) is 74.5 Å². The maximum atomic E-state index is 12.5. The summed E-state index contributed by atoms with van der Waals surface area (Å²) in [5, 5.41) is 20.3. The zero-order valence-corrected chi connectivity index (χ0v) is 34.1. The molecule has 0 amide bonds. The van der Waals surface area contributed by atoms with E-state index >= 15 is 0 Å². The minimum Gasteiger partial charge on any atom is -0.508 e. The van der Waals surface area contributed by atoms with Gasteiger partial charge in [0.15, 0.2) is 12.6 Å². The summed E-state index contributed by atoms with van der Waals surface area (Å²) in [7, 11) is 0. The van der Waals surface area contributed by atoms with E-state index in [1.165, 1.54) is 0 Å². The van der Waals surface area contributed by atoms with Crippen LogP contribution >= 0.6 is 0 Å². The van der Waals surface area contributed by atoms with Gasteiger partial charge >= 0.3 is 5.97 Å². The van der Waals surface area contributed by atoms with Crippen LogP contribution in [0.3, 0.4) is 0 Å². The van der Waals surface area contributed by atoms with Gasteiger partial charge in [0.2, 0.25) is 0 Å². The molecule has 0 bridgehead atoms. The molecule has 0 spiro atoms. The number of carbonyl (C=O) groups is 1. The average Bonchev–Trinajstić information content (AvgIpc) is 3.18. The molecule has 1 saturated heterocycles. The number of aromatic hydroxyl groups is 1. The predicted octanol–water partition coefficient (Wildman–Crippen LogP) is 11.3. The highest BCUT2D eigenvalue weighted by atomic mass is 16.7. The second-order valence-electron chi connectivity index (χ2n) is 15.9. The zero-order chi connectivity index (χ0) is 40.2. The standard InChI is InChI=1S/C48H59NO7/c1-8-52-34(4)54-42-25-18-38(19-26-42)47(33(3)36-16-23-41(50)24-17-36)46(39-20-27-43(28-21-39)55-45-11-9-10-30-53-45)32(2)35-12-14-37(15-13-35)40(31-49)22-29-44(51)56-48(5,6)7/h12-21,23-28,32-34,40,45-47,50H,8-11,22,29-30H2,1-7H3. The van der Waals surface area contributed by atoms with Crippen LogP contribution in [0.15, 0.2) is 97.1 Å². The van der Waals surface area contributed by atoms with Gasteiger partial charge in [-0.25, -0.2) is 0 Å². The monoisotopic (exact) mass is 761 g/mol. The maximum Gasteiger partial charge on any atom is 0.306 e. The van der Waals surface area contributed by atoms with Gasteiger partial charge in [-0.15, -0.1) is 0 Å². The second kappa shape index (κ2) is 19.8. The first-order chi connectivity index (χ1) is 26.8. The molecule has 4 aromatic rings. The van der Waals surface area contributed by atoms with Gasteiger partial charge in [0.1, 0.15) is 22.8 Å². The highest BCUT2D eigenvalue weighted by Crippen LogP contribution is 2.50. The largest absolute Gasteiger partial charge is 0.508 e. The van der Waals surface area contributed by atoms with Crippen LogP contribution in [0.25, 0.3) is 0 Å². The number of nitrogens with zero attached hydrogens (tertiary/aromatic N) is 1. The molecule has 1 heterocycles. The first-order valence-electron chi connectivity index (χ1n) is 20.1. The molecule has 8 heteroatoms. The molecule has 0 radical (unpaired) electrons. The van der Waals surface area contributed by atoms with Crippen molar-refractivity contribution in [2.75, 3.05) is 13.2 Å². The van der Waals surface area contributed by atoms with E-state index in [1.54, 1.807) is 12.1 Å². The zero-order valence-electron chi connectivity index (χ0n) is 34.1. The number of carbonyl (C=O) groups excluding carboxylic acids is 1. The van der Waals surface area contributed by atoms with Crippen LogP contribution in [0, 0.1) is 11.3 Å². The smallest absolute Gasteiger partial charge is 0.306 e. The summed E-state index contributed by atoms with van der Waals surface area (Å²) in [5.74, 6) is 1.04. The second-order valence-corrected chi connectivity index (χ2v) is 15.9. The lowest BCUT2D eigenvalue weighted by Crippen LogP contribution is -2.25. The van der Waals surface area contributed by atoms with Crippen LogP contribution in [0.5, 0.6) is 17.2 Å². The van der Waals surface area contributed by atoms with E-state index in [1.807, 2.05) is 83.1 Å². The third-order valence-corrected chi connectivity index (χ3v) is 10.6. The molecule has 1 aliphatic rings. The minimum absolute atomic E-state index is 0.0123. The predicted molar refractivity (Wildman–Crippen MR) is 219 cm³/mol. The van der Waals surface area contributed by atoms with Gasteiger partial charge < -0.3 is 28.8 Å². The Balaban J connectivity index is 1.52. The van der Waals surface area contributed by atoms with Crippen molar-refractivity contribution < 1.29 is 33.6 Å². The Morgan fingerprint density at radius 2 is 1.30 bits per heavy atom. The number of benzene rings is 4. The number of hydrogen-bond acceptors (Lipinski definition) is 8. The van der Waals surface area contributed by atoms with Crippen molar-refractivity contribution in [3.8, 4) is 23.3 Å². The number of phenolic OH excluding ortho intramolecular Hbond substituents is 1. The maximum absolute atomic E-state index is 12.5. The van der Waals surface area contributed by atoms with Crippen molar-refractivity contribution in [2.24, 2.45) is 0 Å². The van der Waals surface area contributed by atoms with Gasteiger partial charge in [-0.2, -0.15) is 5.26 Å². The van der Waals surface area contributed by atoms with Gasteiger partial charge in [0.25, 0.3) is 0 Å². The highest BCUT2D eigenvalue weighted by molar-refractivity contribution is 5.70. The molecule has 0 aromatic heterocycles. The molecular formula is C48H59NO7. The summed E-state index contributed by atoms with van der Waals surface area (Å²) in [5.41, 5.74) is 4.86. The SMILES string of the molecule is CCOC(C)Oc1ccc(C(C(C)c2ccc(O)cc2)C(c2ccc(OC3CCCCO3)cc2)C(C)c2ccc(C(C#N)CCC(=O)OC(C)(C)C)cc2)cc1. The molecule has 298 valence electrons. The van der Waals surface area contributed by atoms with Crippen LogP contribution in [-0.2, 0) is 19.0 Å². The van der Waals surface area contributed by atoms with E-state index in [-0.39, 0.29) is 54.4 Å². The molecule has 0 aliphatic carbocycles. The van der Waals surface area contributed by atoms with Crippen molar-refractivity contribution in [1.29, 1.82) is 5.26 Å². The van der Waals surface area contributed by atoms with Crippen molar-refractivity contribution in [2.45, 2.75) is 128 Å². The number of ether oxygens (including phenoxy) is 5. The van der Waals surface area contributed by atoms with Crippen LogP contribution in [0.4, 0.5) is 0 Å². The first-order valence-corrected chi connectivity index (χ1v) is 20.1. The van der Waals surface area contributed by atoms with Gasteiger partial charge in [0.05, 0.1) is 18.6 Å². The Labute approximate surface area is 333 Å². The van der Waals surface area contributed by atoms with Gasteiger partial charge in [0, 0.05) is 19.4 Å². The molecule has 4 aromatic carbocycles. The van der Waals surface area contributed by atoms with E-state index in [9.17, 15) is 15.2 Å². The topological polar surface area (TPSA) is 107 Å². The third-order valence-electron chi connectivity index (χ3n) is 10.6. The number of hydrogen-bond donors (Lipinski definition) is 1.